The highest BCUT2D eigenvalue weighted by Gasteiger charge is 2.28. The summed E-state index contributed by atoms with van der Waals surface area (Å²) in [5.41, 5.74) is 2.66. The van der Waals surface area contributed by atoms with Crippen LogP contribution in [0.4, 0.5) is 11.4 Å². The molecule has 0 bridgehead atoms. The summed E-state index contributed by atoms with van der Waals surface area (Å²) < 4.78 is 1.14. The molecule has 2 unspecified atom stereocenters. The van der Waals surface area contributed by atoms with Crippen LogP contribution in [-0.2, 0) is 0 Å². The quantitative estimate of drug-likeness (QED) is 0.524. The van der Waals surface area contributed by atoms with Gasteiger partial charge in [0.05, 0.1) is 11.4 Å². The smallest absolute Gasteiger partial charge is 0.0556 e. The molecular formula is C21H27BrN2S. The summed E-state index contributed by atoms with van der Waals surface area (Å²) in [6, 6.07) is 16.5. The monoisotopic (exact) mass is 418 g/mol. The van der Waals surface area contributed by atoms with Gasteiger partial charge in [0.2, 0.25) is 0 Å². The number of hydrogen-bond acceptors (Lipinski definition) is 3. The maximum Gasteiger partial charge on any atom is 0.0556 e. The molecule has 134 valence electrons. The van der Waals surface area contributed by atoms with Crippen molar-refractivity contribution in [3.8, 4) is 0 Å². The minimum absolute atomic E-state index is 0.445. The van der Waals surface area contributed by atoms with Crippen molar-refractivity contribution < 1.29 is 0 Å². The molecule has 1 heterocycles. The van der Waals surface area contributed by atoms with Crippen LogP contribution in [0.5, 0.6) is 0 Å². The fourth-order valence-corrected chi connectivity index (χ4v) is 5.27. The van der Waals surface area contributed by atoms with E-state index in [0.29, 0.717) is 12.1 Å². The first-order chi connectivity index (χ1) is 12.0. The van der Waals surface area contributed by atoms with Gasteiger partial charge in [-0.25, -0.2) is 0 Å². The number of anilines is 2. The predicted molar refractivity (Wildman–Crippen MR) is 113 cm³/mol. The number of hydrogen-bond donors (Lipinski definition) is 0. The molecule has 4 heteroatoms. The molecule has 1 aliphatic heterocycles. The van der Waals surface area contributed by atoms with Crippen molar-refractivity contribution in [3.63, 3.8) is 0 Å². The maximum atomic E-state index is 3.63. The topological polar surface area (TPSA) is 6.48 Å². The highest BCUT2D eigenvalue weighted by molar-refractivity contribution is 9.10. The minimum atomic E-state index is 0.445. The van der Waals surface area contributed by atoms with Gasteiger partial charge in [-0.15, -0.1) is 0 Å². The molecule has 0 aliphatic carbocycles. The number of rotatable bonds is 6. The van der Waals surface area contributed by atoms with Crippen LogP contribution in [0.3, 0.4) is 0 Å². The molecule has 0 saturated heterocycles. The second-order valence-electron chi connectivity index (χ2n) is 6.77. The van der Waals surface area contributed by atoms with Gasteiger partial charge in [-0.3, -0.25) is 0 Å². The van der Waals surface area contributed by atoms with E-state index in [1.807, 2.05) is 11.8 Å². The van der Waals surface area contributed by atoms with Crippen LogP contribution in [0.1, 0.15) is 33.6 Å². The summed E-state index contributed by atoms with van der Waals surface area (Å²) >= 11 is 5.50. The van der Waals surface area contributed by atoms with Crippen LogP contribution in [-0.4, -0.2) is 30.6 Å². The lowest BCUT2D eigenvalue weighted by molar-refractivity contribution is 0.226. The molecule has 1 aliphatic rings. The summed E-state index contributed by atoms with van der Waals surface area (Å²) in [6.07, 6.45) is 2.35. The average molecular weight is 419 g/mol. The number of nitrogens with zero attached hydrogens (tertiary/aromatic N) is 2. The molecular weight excluding hydrogens is 392 g/mol. The molecule has 2 aromatic rings. The van der Waals surface area contributed by atoms with Crippen LogP contribution in [0.25, 0.3) is 0 Å². The summed E-state index contributed by atoms with van der Waals surface area (Å²) in [4.78, 5) is 7.69. The largest absolute Gasteiger partial charge is 0.337 e. The lowest BCUT2D eigenvalue weighted by Gasteiger charge is -2.39. The van der Waals surface area contributed by atoms with Crippen molar-refractivity contribution >= 4 is 39.1 Å². The first kappa shape index (κ1) is 18.8. The highest BCUT2D eigenvalue weighted by atomic mass is 79.9. The molecule has 2 nitrogen and oxygen atoms in total. The Morgan fingerprint density at radius 2 is 1.80 bits per heavy atom. The third kappa shape index (κ3) is 3.91. The molecule has 25 heavy (non-hydrogen) atoms. The third-order valence-electron chi connectivity index (χ3n) is 5.17. The zero-order chi connectivity index (χ0) is 18.0. The van der Waals surface area contributed by atoms with Crippen LogP contribution in [0, 0.1) is 0 Å². The van der Waals surface area contributed by atoms with Gasteiger partial charge in [-0.2, -0.15) is 0 Å². The van der Waals surface area contributed by atoms with Gasteiger partial charge in [0.15, 0.2) is 0 Å². The van der Waals surface area contributed by atoms with Crippen LogP contribution < -0.4 is 4.90 Å². The van der Waals surface area contributed by atoms with Crippen molar-refractivity contribution in [2.45, 2.75) is 55.5 Å². The van der Waals surface area contributed by atoms with E-state index in [1.54, 1.807) is 0 Å². The number of halogens is 1. The van der Waals surface area contributed by atoms with E-state index >= 15 is 0 Å². The van der Waals surface area contributed by atoms with Crippen LogP contribution in [0.2, 0.25) is 0 Å². The van der Waals surface area contributed by atoms with E-state index in [1.165, 1.54) is 27.6 Å². The zero-order valence-electron chi connectivity index (χ0n) is 15.5. The molecule has 0 fully saturated rings. The summed E-state index contributed by atoms with van der Waals surface area (Å²) in [6.45, 7) is 8.01. The molecule has 0 amide bonds. The Hall–Kier alpha value is -0.970. The Balaban J connectivity index is 1.97. The molecule has 0 aromatic heterocycles. The number of para-hydroxylation sites is 1. The van der Waals surface area contributed by atoms with Crippen molar-refractivity contribution in [1.29, 1.82) is 0 Å². The van der Waals surface area contributed by atoms with Gasteiger partial charge in [0.1, 0.15) is 0 Å². The zero-order valence-corrected chi connectivity index (χ0v) is 17.9. The van der Waals surface area contributed by atoms with E-state index in [2.05, 4.69) is 96.0 Å². The standard InChI is InChI=1S/C21H27BrN2S/c1-5-17(23(4)6-2)13-15(3)24-18-9-7-8-10-20(18)25-21-14-16(22)11-12-19(21)24/h7-12,14-15,17H,5-6,13H2,1-4H3. The summed E-state index contributed by atoms with van der Waals surface area (Å²) in [5, 5.41) is 0. The lowest BCUT2D eigenvalue weighted by atomic mass is 10.0. The van der Waals surface area contributed by atoms with E-state index in [4.69, 9.17) is 0 Å². The molecule has 3 rings (SSSR count). The van der Waals surface area contributed by atoms with Gasteiger partial charge >= 0.3 is 0 Å². The van der Waals surface area contributed by atoms with Gasteiger partial charge in [-0.1, -0.05) is 53.7 Å². The molecule has 0 radical (unpaired) electrons. The first-order valence-corrected chi connectivity index (χ1v) is 10.7. The van der Waals surface area contributed by atoms with E-state index in [9.17, 15) is 0 Å². The molecule has 0 N–H and O–H groups in total. The number of fused-ring (bicyclic) bond motifs is 2. The Kier molecular flexibility index (Phi) is 6.13. The van der Waals surface area contributed by atoms with E-state index < -0.39 is 0 Å². The summed E-state index contributed by atoms with van der Waals surface area (Å²) in [7, 11) is 2.24. The van der Waals surface area contributed by atoms with Crippen molar-refractivity contribution in [2.75, 3.05) is 18.5 Å². The Labute approximate surface area is 164 Å². The van der Waals surface area contributed by atoms with Gasteiger partial charge in [0, 0.05) is 26.3 Å². The van der Waals surface area contributed by atoms with Gasteiger partial charge in [-0.05, 0) is 63.7 Å². The SMILES string of the molecule is CCC(CC(C)N1c2ccccc2Sc2cc(Br)ccc21)N(C)CC. The second kappa shape index (κ2) is 8.15. The molecule has 0 saturated carbocycles. The van der Waals surface area contributed by atoms with Gasteiger partial charge < -0.3 is 9.80 Å². The highest BCUT2D eigenvalue weighted by Crippen LogP contribution is 2.50. The lowest BCUT2D eigenvalue weighted by Crippen LogP contribution is -2.39. The van der Waals surface area contributed by atoms with Crippen LogP contribution >= 0.6 is 27.7 Å². The number of benzene rings is 2. The molecule has 2 aromatic carbocycles. The van der Waals surface area contributed by atoms with Crippen LogP contribution in [0.15, 0.2) is 56.7 Å². The third-order valence-corrected chi connectivity index (χ3v) is 6.78. The first-order valence-electron chi connectivity index (χ1n) is 9.11. The second-order valence-corrected chi connectivity index (χ2v) is 8.77. The fraction of sp³-hybridized carbons (Fsp3) is 0.429. The predicted octanol–water partition coefficient (Wildman–Crippen LogP) is 6.56. The molecule has 2 atom stereocenters. The van der Waals surface area contributed by atoms with Crippen molar-refractivity contribution in [1.82, 2.24) is 4.90 Å². The molecule has 0 spiro atoms. The Morgan fingerprint density at radius 3 is 2.52 bits per heavy atom. The van der Waals surface area contributed by atoms with Crippen molar-refractivity contribution in [2.24, 2.45) is 0 Å². The Bertz CT molecular complexity index is 734. The maximum absolute atomic E-state index is 3.63. The van der Waals surface area contributed by atoms with E-state index in [0.717, 1.165) is 17.4 Å². The normalized spacial score (nSPS) is 15.7. The summed E-state index contributed by atoms with van der Waals surface area (Å²) in [5.74, 6) is 0. The Morgan fingerprint density at radius 1 is 1.08 bits per heavy atom. The van der Waals surface area contributed by atoms with Gasteiger partial charge in [0.25, 0.3) is 0 Å². The fourth-order valence-electron chi connectivity index (χ4n) is 3.65. The van der Waals surface area contributed by atoms with E-state index in [-0.39, 0.29) is 0 Å². The van der Waals surface area contributed by atoms with Crippen molar-refractivity contribution in [3.05, 3.63) is 46.9 Å². The average Bonchev–Trinajstić information content (AvgIpc) is 2.63. The minimum Gasteiger partial charge on any atom is -0.337 e.